The van der Waals surface area contributed by atoms with Crippen LogP contribution in [0.15, 0.2) is 42.7 Å². The van der Waals surface area contributed by atoms with E-state index < -0.39 is 0 Å². The van der Waals surface area contributed by atoms with Crippen molar-refractivity contribution < 1.29 is 9.59 Å². The van der Waals surface area contributed by atoms with Crippen LogP contribution in [0.4, 0.5) is 5.69 Å². The molecule has 27 heavy (non-hydrogen) atoms. The van der Waals surface area contributed by atoms with Crippen molar-refractivity contribution in [1.82, 2.24) is 10.3 Å². The molecule has 1 heterocycles. The Kier molecular flexibility index (Phi) is 6.22. The standard InChI is InChI=1S/C22H27N3O2/c1-15-3-4-16(2)20(13-15)25-22(27)19-7-5-18(6-8-19)21(26)24-14-17-9-11-23-12-10-17/h3-4,9-13,18-19H,5-8,14H2,1-2H3,(H,24,26)(H,25,27). The van der Waals surface area contributed by atoms with Crippen LogP contribution < -0.4 is 10.6 Å². The fraction of sp³-hybridized carbons (Fsp3) is 0.409. The van der Waals surface area contributed by atoms with Crippen molar-refractivity contribution >= 4 is 17.5 Å². The molecule has 142 valence electrons. The van der Waals surface area contributed by atoms with Gasteiger partial charge in [-0.3, -0.25) is 14.6 Å². The van der Waals surface area contributed by atoms with Gasteiger partial charge in [0.15, 0.2) is 0 Å². The van der Waals surface area contributed by atoms with Crippen molar-refractivity contribution in [2.75, 3.05) is 5.32 Å². The van der Waals surface area contributed by atoms with Gasteiger partial charge in [-0.1, -0.05) is 12.1 Å². The SMILES string of the molecule is Cc1ccc(C)c(NC(=O)C2CCC(C(=O)NCc3ccncc3)CC2)c1. The van der Waals surface area contributed by atoms with Crippen LogP contribution in [-0.2, 0) is 16.1 Å². The van der Waals surface area contributed by atoms with Gasteiger partial charge in [-0.15, -0.1) is 0 Å². The zero-order valence-corrected chi connectivity index (χ0v) is 16.0. The minimum atomic E-state index is -0.0193. The third kappa shape index (κ3) is 5.16. The number of rotatable bonds is 5. The third-order valence-electron chi connectivity index (χ3n) is 5.34. The fourth-order valence-electron chi connectivity index (χ4n) is 3.56. The highest BCUT2D eigenvalue weighted by molar-refractivity contribution is 5.93. The predicted molar refractivity (Wildman–Crippen MR) is 106 cm³/mol. The van der Waals surface area contributed by atoms with Gasteiger partial charge in [0.1, 0.15) is 0 Å². The van der Waals surface area contributed by atoms with Gasteiger partial charge in [0.25, 0.3) is 0 Å². The first-order valence-electron chi connectivity index (χ1n) is 9.57. The van der Waals surface area contributed by atoms with E-state index in [1.54, 1.807) is 12.4 Å². The molecule has 0 spiro atoms. The molecule has 0 atom stereocenters. The van der Waals surface area contributed by atoms with E-state index in [2.05, 4.69) is 15.6 Å². The Bertz CT molecular complexity index is 796. The molecule has 0 unspecified atom stereocenters. The number of hydrogen-bond acceptors (Lipinski definition) is 3. The Labute approximate surface area is 160 Å². The minimum Gasteiger partial charge on any atom is -0.352 e. The maximum Gasteiger partial charge on any atom is 0.227 e. The molecule has 2 aromatic rings. The van der Waals surface area contributed by atoms with Crippen LogP contribution in [-0.4, -0.2) is 16.8 Å². The van der Waals surface area contributed by atoms with Gasteiger partial charge in [-0.2, -0.15) is 0 Å². The summed E-state index contributed by atoms with van der Waals surface area (Å²) in [6.07, 6.45) is 6.47. The Balaban J connectivity index is 1.47. The number of hydrogen-bond donors (Lipinski definition) is 2. The lowest BCUT2D eigenvalue weighted by Gasteiger charge is -2.27. The van der Waals surface area contributed by atoms with Crippen LogP contribution in [0.3, 0.4) is 0 Å². The van der Waals surface area contributed by atoms with Crippen molar-refractivity contribution in [3.63, 3.8) is 0 Å². The Morgan fingerprint density at radius 1 is 0.963 bits per heavy atom. The number of nitrogens with one attached hydrogen (secondary N) is 2. The lowest BCUT2D eigenvalue weighted by Crippen LogP contribution is -2.35. The molecule has 2 amide bonds. The van der Waals surface area contributed by atoms with Crippen LogP contribution in [0.25, 0.3) is 0 Å². The summed E-state index contributed by atoms with van der Waals surface area (Å²) < 4.78 is 0. The number of amides is 2. The highest BCUT2D eigenvalue weighted by Crippen LogP contribution is 2.30. The summed E-state index contributed by atoms with van der Waals surface area (Å²) in [6, 6.07) is 9.87. The second-order valence-electron chi connectivity index (χ2n) is 7.43. The zero-order valence-electron chi connectivity index (χ0n) is 16.0. The summed E-state index contributed by atoms with van der Waals surface area (Å²) in [7, 11) is 0. The molecule has 1 fully saturated rings. The molecule has 0 radical (unpaired) electrons. The maximum atomic E-state index is 12.6. The molecule has 1 aromatic carbocycles. The molecule has 1 saturated carbocycles. The number of aryl methyl sites for hydroxylation is 2. The molecule has 0 saturated heterocycles. The molecule has 2 N–H and O–H groups in total. The number of carbonyl (C=O) groups excluding carboxylic acids is 2. The molecule has 3 rings (SSSR count). The van der Waals surface area contributed by atoms with Gasteiger partial charge < -0.3 is 10.6 Å². The Hall–Kier alpha value is -2.69. The molecule has 0 aliphatic heterocycles. The average molecular weight is 365 g/mol. The zero-order chi connectivity index (χ0) is 19.2. The topological polar surface area (TPSA) is 71.1 Å². The summed E-state index contributed by atoms with van der Waals surface area (Å²) in [4.78, 5) is 29.0. The summed E-state index contributed by atoms with van der Waals surface area (Å²) in [5, 5.41) is 6.07. The van der Waals surface area contributed by atoms with E-state index in [1.165, 1.54) is 0 Å². The van der Waals surface area contributed by atoms with Crippen LogP contribution in [0.2, 0.25) is 0 Å². The van der Waals surface area contributed by atoms with Crippen molar-refractivity contribution in [1.29, 1.82) is 0 Å². The van der Waals surface area contributed by atoms with Gasteiger partial charge in [0.2, 0.25) is 11.8 Å². The Morgan fingerprint density at radius 3 is 2.26 bits per heavy atom. The number of nitrogens with zero attached hydrogens (tertiary/aromatic N) is 1. The van der Waals surface area contributed by atoms with Crippen LogP contribution in [0.5, 0.6) is 0 Å². The van der Waals surface area contributed by atoms with Gasteiger partial charge >= 0.3 is 0 Å². The maximum absolute atomic E-state index is 12.6. The van der Waals surface area contributed by atoms with Crippen LogP contribution in [0, 0.1) is 25.7 Å². The van der Waals surface area contributed by atoms with Crippen LogP contribution in [0.1, 0.15) is 42.4 Å². The third-order valence-corrected chi connectivity index (χ3v) is 5.34. The van der Waals surface area contributed by atoms with Crippen molar-refractivity contribution in [3.05, 3.63) is 59.4 Å². The summed E-state index contributed by atoms with van der Waals surface area (Å²) in [6.45, 7) is 4.54. The molecule has 0 bridgehead atoms. The smallest absolute Gasteiger partial charge is 0.227 e. The van der Waals surface area contributed by atoms with Crippen molar-refractivity contribution in [3.8, 4) is 0 Å². The van der Waals surface area contributed by atoms with Gasteiger partial charge in [0, 0.05) is 36.5 Å². The van der Waals surface area contributed by atoms with E-state index in [0.29, 0.717) is 6.54 Å². The normalized spacial score (nSPS) is 19.3. The van der Waals surface area contributed by atoms with E-state index in [9.17, 15) is 9.59 Å². The lowest BCUT2D eigenvalue weighted by molar-refractivity contribution is -0.128. The largest absolute Gasteiger partial charge is 0.352 e. The average Bonchev–Trinajstić information content (AvgIpc) is 2.70. The van der Waals surface area contributed by atoms with Gasteiger partial charge in [-0.25, -0.2) is 0 Å². The van der Waals surface area contributed by atoms with Crippen molar-refractivity contribution in [2.45, 2.75) is 46.1 Å². The number of aromatic nitrogens is 1. The van der Waals surface area contributed by atoms with Crippen molar-refractivity contribution in [2.24, 2.45) is 11.8 Å². The number of anilines is 1. The van der Waals surface area contributed by atoms with E-state index in [-0.39, 0.29) is 23.7 Å². The van der Waals surface area contributed by atoms with E-state index in [1.807, 2.05) is 44.2 Å². The first kappa shape index (κ1) is 19.1. The number of benzene rings is 1. The fourth-order valence-corrected chi connectivity index (χ4v) is 3.56. The molecule has 1 aromatic heterocycles. The first-order chi connectivity index (χ1) is 13.0. The van der Waals surface area contributed by atoms with E-state index in [4.69, 9.17) is 0 Å². The highest BCUT2D eigenvalue weighted by atomic mass is 16.2. The Morgan fingerprint density at radius 2 is 1.59 bits per heavy atom. The number of pyridine rings is 1. The summed E-state index contributed by atoms with van der Waals surface area (Å²) in [5.41, 5.74) is 4.13. The first-order valence-corrected chi connectivity index (χ1v) is 9.57. The molecule has 5 heteroatoms. The summed E-state index contributed by atoms with van der Waals surface area (Å²) >= 11 is 0. The lowest BCUT2D eigenvalue weighted by atomic mass is 9.81. The quantitative estimate of drug-likeness (QED) is 0.847. The van der Waals surface area contributed by atoms with E-state index >= 15 is 0 Å². The minimum absolute atomic E-state index is 0.00315. The predicted octanol–water partition coefficient (Wildman–Crippen LogP) is 3.76. The number of carbonyl (C=O) groups is 2. The van der Waals surface area contributed by atoms with Crippen LogP contribution >= 0.6 is 0 Å². The van der Waals surface area contributed by atoms with E-state index in [0.717, 1.165) is 48.1 Å². The van der Waals surface area contributed by atoms with Gasteiger partial charge in [-0.05, 0) is 74.4 Å². The molecule has 1 aliphatic carbocycles. The highest BCUT2D eigenvalue weighted by Gasteiger charge is 2.30. The van der Waals surface area contributed by atoms with Gasteiger partial charge in [0.05, 0.1) is 0 Å². The summed E-state index contributed by atoms with van der Waals surface area (Å²) in [5.74, 6) is 0.130. The monoisotopic (exact) mass is 365 g/mol. The molecule has 5 nitrogen and oxygen atoms in total. The molecule has 1 aliphatic rings. The molecular formula is C22H27N3O2. The molecular weight excluding hydrogens is 338 g/mol. The second kappa shape index (κ2) is 8.80. The second-order valence-corrected chi connectivity index (χ2v) is 7.43.